The molecule has 21 heavy (non-hydrogen) atoms. The van der Waals surface area contributed by atoms with Crippen LogP contribution < -0.4 is 5.32 Å². The highest BCUT2D eigenvalue weighted by molar-refractivity contribution is 5.36. The molecule has 1 unspecified atom stereocenters. The van der Waals surface area contributed by atoms with Crippen LogP contribution in [0, 0.1) is 10.1 Å². The maximum Gasteiger partial charge on any atom is 0.291 e. The molecule has 0 radical (unpaired) electrons. The van der Waals surface area contributed by atoms with E-state index in [1.165, 1.54) is 6.07 Å². The van der Waals surface area contributed by atoms with Crippen molar-refractivity contribution in [3.8, 4) is 5.75 Å². The summed E-state index contributed by atoms with van der Waals surface area (Å²) in [5.74, 6) is 0.0484. The lowest BCUT2D eigenvalue weighted by molar-refractivity contribution is -0.742. The summed E-state index contributed by atoms with van der Waals surface area (Å²) in [5.41, 5.74) is 1.05. The summed E-state index contributed by atoms with van der Waals surface area (Å²) in [4.78, 5) is 8.36. The van der Waals surface area contributed by atoms with Gasteiger partial charge >= 0.3 is 0 Å². The van der Waals surface area contributed by atoms with Crippen LogP contribution in [0.5, 0.6) is 5.75 Å². The highest BCUT2D eigenvalue weighted by Crippen LogP contribution is 2.22. The van der Waals surface area contributed by atoms with Crippen LogP contribution in [0.25, 0.3) is 0 Å². The van der Waals surface area contributed by atoms with Crippen LogP contribution in [0.3, 0.4) is 0 Å². The Labute approximate surface area is 122 Å². The quantitative estimate of drug-likeness (QED) is 0.412. The molecule has 0 saturated heterocycles. The molecule has 120 valence electrons. The second-order valence-corrected chi connectivity index (χ2v) is 5.43. The Hall–Kier alpha value is -1.90. The topological polar surface area (TPSA) is 136 Å². The van der Waals surface area contributed by atoms with Gasteiger partial charge in [0.15, 0.2) is 0 Å². The van der Waals surface area contributed by atoms with Crippen LogP contribution in [0.1, 0.15) is 38.0 Å². The molecule has 0 aliphatic rings. The first kappa shape index (κ1) is 19.1. The lowest BCUT2D eigenvalue weighted by Crippen LogP contribution is -2.38. The number of aromatic hydroxyl groups is 1. The van der Waals surface area contributed by atoms with Gasteiger partial charge < -0.3 is 25.8 Å². The average Bonchev–Trinajstić information content (AvgIpc) is 2.35. The van der Waals surface area contributed by atoms with E-state index in [9.17, 15) is 10.2 Å². The van der Waals surface area contributed by atoms with Gasteiger partial charge in [0.2, 0.25) is 0 Å². The third kappa shape index (κ3) is 8.79. The molecule has 8 heteroatoms. The van der Waals surface area contributed by atoms with Gasteiger partial charge in [-0.3, -0.25) is 0 Å². The Morgan fingerprint density at radius 2 is 1.90 bits per heavy atom. The lowest BCUT2D eigenvalue weighted by atomic mass is 10.0. The summed E-state index contributed by atoms with van der Waals surface area (Å²) in [5, 5.41) is 45.3. The van der Waals surface area contributed by atoms with Crippen molar-refractivity contribution in [1.82, 2.24) is 5.32 Å². The summed E-state index contributed by atoms with van der Waals surface area (Å²) < 4.78 is 0. The molecule has 0 saturated carbocycles. The zero-order chi connectivity index (χ0) is 16.6. The average molecular weight is 302 g/mol. The zero-order valence-corrected chi connectivity index (χ0v) is 12.3. The summed E-state index contributed by atoms with van der Waals surface area (Å²) >= 11 is 0. The standard InChI is InChI=1S/C13H21NO3.HNO3/c1-13(2,3)14-7-12(17)9-4-5-11(16)10(6-9)8-15;2-1(3)4/h4-6,12,14-17H,7-8H2,1-3H3;(H,2,3,4). The van der Waals surface area contributed by atoms with Crippen LogP contribution in [-0.2, 0) is 6.61 Å². The normalized spacial score (nSPS) is 12.2. The first-order chi connectivity index (χ1) is 9.56. The number of phenols is 1. The third-order valence-electron chi connectivity index (χ3n) is 2.48. The second-order valence-electron chi connectivity index (χ2n) is 5.43. The molecule has 0 heterocycles. The number of benzene rings is 1. The highest BCUT2D eigenvalue weighted by atomic mass is 16.9. The first-order valence-electron chi connectivity index (χ1n) is 6.26. The van der Waals surface area contributed by atoms with E-state index in [0.717, 1.165) is 0 Å². The van der Waals surface area contributed by atoms with Gasteiger partial charge in [-0.2, -0.15) is 0 Å². The Kier molecular flexibility index (Phi) is 7.64. The van der Waals surface area contributed by atoms with E-state index in [0.29, 0.717) is 17.7 Å². The molecule has 0 amide bonds. The van der Waals surface area contributed by atoms with Crippen molar-refractivity contribution in [3.63, 3.8) is 0 Å². The first-order valence-corrected chi connectivity index (χ1v) is 6.26. The number of nitrogens with one attached hydrogen (secondary N) is 1. The van der Waals surface area contributed by atoms with E-state index in [1.54, 1.807) is 12.1 Å². The predicted molar refractivity (Wildman–Crippen MR) is 75.5 cm³/mol. The van der Waals surface area contributed by atoms with Gasteiger partial charge in [0, 0.05) is 17.6 Å². The Bertz CT molecular complexity index is 454. The molecular formula is C13H22N2O6. The molecule has 5 N–H and O–H groups in total. The number of aliphatic hydroxyl groups excluding tert-OH is 2. The molecule has 0 aromatic heterocycles. The van der Waals surface area contributed by atoms with Crippen LogP contribution in [0.15, 0.2) is 18.2 Å². The van der Waals surface area contributed by atoms with Crippen molar-refractivity contribution in [2.45, 2.75) is 39.0 Å². The molecule has 0 spiro atoms. The predicted octanol–water partition coefficient (Wildman–Crippen LogP) is 0.958. The second kappa shape index (κ2) is 8.40. The Morgan fingerprint density at radius 3 is 2.33 bits per heavy atom. The van der Waals surface area contributed by atoms with Crippen molar-refractivity contribution in [2.75, 3.05) is 6.54 Å². The number of hydrogen-bond donors (Lipinski definition) is 5. The molecule has 1 rings (SSSR count). The van der Waals surface area contributed by atoms with Gasteiger partial charge in [-0.25, -0.2) is 0 Å². The molecule has 0 bridgehead atoms. The monoisotopic (exact) mass is 302 g/mol. The number of nitrogens with zero attached hydrogens (tertiary/aromatic N) is 1. The minimum absolute atomic E-state index is 0.0484. The van der Waals surface area contributed by atoms with E-state index in [1.807, 2.05) is 20.8 Å². The van der Waals surface area contributed by atoms with Crippen molar-refractivity contribution < 1.29 is 25.6 Å². The maximum atomic E-state index is 9.97. The molecule has 1 atom stereocenters. The molecule has 0 aliphatic heterocycles. The minimum Gasteiger partial charge on any atom is -0.508 e. The molecule has 1 aromatic rings. The molecular weight excluding hydrogens is 280 g/mol. The van der Waals surface area contributed by atoms with E-state index < -0.39 is 11.2 Å². The summed E-state index contributed by atoms with van der Waals surface area (Å²) in [6, 6.07) is 4.76. The van der Waals surface area contributed by atoms with Gasteiger partial charge in [-0.1, -0.05) is 6.07 Å². The molecule has 1 aromatic carbocycles. The number of rotatable bonds is 4. The smallest absolute Gasteiger partial charge is 0.291 e. The van der Waals surface area contributed by atoms with Crippen molar-refractivity contribution >= 4 is 0 Å². The molecule has 0 aliphatic carbocycles. The van der Waals surface area contributed by atoms with E-state index in [2.05, 4.69) is 5.32 Å². The highest BCUT2D eigenvalue weighted by Gasteiger charge is 2.14. The fourth-order valence-electron chi connectivity index (χ4n) is 1.46. The number of aliphatic hydroxyl groups is 2. The van der Waals surface area contributed by atoms with Gasteiger partial charge in [0.05, 0.1) is 12.7 Å². The largest absolute Gasteiger partial charge is 0.508 e. The van der Waals surface area contributed by atoms with E-state index in [-0.39, 0.29) is 17.9 Å². The van der Waals surface area contributed by atoms with Gasteiger partial charge in [0.1, 0.15) is 5.75 Å². The minimum atomic E-state index is -1.50. The number of β-amino-alcohol motifs (C(OH)–C–C–N with tert-alkyl or cyclic N) is 1. The van der Waals surface area contributed by atoms with E-state index >= 15 is 0 Å². The Morgan fingerprint density at radius 1 is 1.38 bits per heavy atom. The van der Waals surface area contributed by atoms with Crippen LogP contribution in [0.2, 0.25) is 0 Å². The van der Waals surface area contributed by atoms with Gasteiger partial charge in [-0.15, -0.1) is 10.1 Å². The van der Waals surface area contributed by atoms with Gasteiger partial charge in [-0.05, 0) is 38.5 Å². The summed E-state index contributed by atoms with van der Waals surface area (Å²) in [6.07, 6.45) is -0.653. The Balaban J connectivity index is 0.000000885. The van der Waals surface area contributed by atoms with E-state index in [4.69, 9.17) is 20.4 Å². The zero-order valence-electron chi connectivity index (χ0n) is 12.3. The van der Waals surface area contributed by atoms with Crippen molar-refractivity contribution in [1.29, 1.82) is 0 Å². The fourth-order valence-corrected chi connectivity index (χ4v) is 1.46. The van der Waals surface area contributed by atoms with Crippen molar-refractivity contribution in [2.24, 2.45) is 0 Å². The van der Waals surface area contributed by atoms with Crippen molar-refractivity contribution in [3.05, 3.63) is 39.4 Å². The summed E-state index contributed by atoms with van der Waals surface area (Å²) in [7, 11) is 0. The molecule has 8 nitrogen and oxygen atoms in total. The van der Waals surface area contributed by atoms with Crippen LogP contribution >= 0.6 is 0 Å². The lowest BCUT2D eigenvalue weighted by Gasteiger charge is -2.23. The van der Waals surface area contributed by atoms with Gasteiger partial charge in [0.25, 0.3) is 5.09 Å². The third-order valence-corrected chi connectivity index (χ3v) is 2.48. The number of hydrogen-bond acceptors (Lipinski definition) is 6. The van der Waals surface area contributed by atoms with Crippen LogP contribution in [-0.4, -0.2) is 37.7 Å². The maximum absolute atomic E-state index is 9.97. The SMILES string of the molecule is CC(C)(C)NCC(O)c1ccc(O)c(CO)c1.O=[N+]([O-])O. The fraction of sp³-hybridized carbons (Fsp3) is 0.538. The van der Waals surface area contributed by atoms with Crippen LogP contribution in [0.4, 0.5) is 0 Å². The molecule has 0 fully saturated rings. The summed E-state index contributed by atoms with van der Waals surface area (Å²) in [6.45, 7) is 6.26.